The fourth-order valence-electron chi connectivity index (χ4n) is 3.84. The van der Waals surface area contributed by atoms with Crippen molar-refractivity contribution in [3.63, 3.8) is 0 Å². The SMILES string of the molecule is CNc1nc(Nc2ccc3c(c2)C[S+]([O-])N3C)c(C(N)=O)nc1-c1cncc2c1ncn2C. The van der Waals surface area contributed by atoms with E-state index in [0.29, 0.717) is 34.0 Å². The number of pyridine rings is 1. The zero-order valence-corrected chi connectivity index (χ0v) is 19.0. The number of hydrogen-bond acceptors (Lipinski definition) is 9. The van der Waals surface area contributed by atoms with Gasteiger partial charge in [-0.3, -0.25) is 9.78 Å². The van der Waals surface area contributed by atoms with Crippen LogP contribution < -0.4 is 20.7 Å². The lowest BCUT2D eigenvalue weighted by atomic mass is 10.1. The van der Waals surface area contributed by atoms with E-state index in [9.17, 15) is 9.35 Å². The second kappa shape index (κ2) is 7.90. The molecule has 1 atom stereocenters. The molecule has 0 radical (unpaired) electrons. The van der Waals surface area contributed by atoms with E-state index >= 15 is 0 Å². The molecule has 0 fully saturated rings. The highest BCUT2D eigenvalue weighted by atomic mass is 32.2. The summed E-state index contributed by atoms with van der Waals surface area (Å²) in [5.41, 5.74) is 10.7. The Hall–Kier alpha value is -3.90. The Balaban J connectivity index is 1.60. The predicted octanol–water partition coefficient (Wildman–Crippen LogP) is 1.92. The third-order valence-corrected chi connectivity index (χ3v) is 6.89. The summed E-state index contributed by atoms with van der Waals surface area (Å²) in [6.07, 6.45) is 5.03. The number of carbonyl (C=O) groups is 1. The Morgan fingerprint density at radius 2 is 2.03 bits per heavy atom. The van der Waals surface area contributed by atoms with Crippen molar-refractivity contribution in [3.05, 3.63) is 48.2 Å². The number of hydrogen-bond donors (Lipinski definition) is 3. The molecule has 0 aliphatic carbocycles. The van der Waals surface area contributed by atoms with Crippen molar-refractivity contribution in [3.8, 4) is 11.3 Å². The van der Waals surface area contributed by atoms with Gasteiger partial charge in [-0.25, -0.2) is 15.0 Å². The first-order valence-corrected chi connectivity index (χ1v) is 11.3. The van der Waals surface area contributed by atoms with E-state index in [1.54, 1.807) is 37.1 Å². The third-order valence-electron chi connectivity index (χ3n) is 5.53. The van der Waals surface area contributed by atoms with Crippen LogP contribution in [0.1, 0.15) is 16.1 Å². The molecule has 0 saturated heterocycles. The first-order valence-electron chi connectivity index (χ1n) is 10.0. The van der Waals surface area contributed by atoms with Crippen molar-refractivity contribution >= 4 is 51.3 Å². The standard InChI is InChI=1S/C21H21N9O2S/c1-23-20-17(13-7-24-8-15-16(13)25-10-29(15)2)27-18(19(22)31)21(28-20)26-12-4-5-14-11(6-12)9-33(32)30(14)3/h4-8,10H,9H2,1-3H3,(H2,22,31)(H2,23,26,28). The minimum atomic E-state index is -1.09. The molecule has 1 aliphatic heterocycles. The highest BCUT2D eigenvalue weighted by molar-refractivity contribution is 7.92. The third kappa shape index (κ3) is 3.49. The number of benzene rings is 1. The number of nitrogens with two attached hydrogens (primary N) is 1. The minimum Gasteiger partial charge on any atom is -0.593 e. The molecule has 3 aromatic heterocycles. The molecule has 168 valence electrons. The van der Waals surface area contributed by atoms with E-state index < -0.39 is 17.3 Å². The highest BCUT2D eigenvalue weighted by Gasteiger charge is 2.29. The number of fused-ring (bicyclic) bond motifs is 2. The van der Waals surface area contributed by atoms with Crippen molar-refractivity contribution in [2.45, 2.75) is 5.75 Å². The van der Waals surface area contributed by atoms with Gasteiger partial charge >= 0.3 is 0 Å². The zero-order chi connectivity index (χ0) is 23.3. The smallest absolute Gasteiger partial charge is 0.271 e. The van der Waals surface area contributed by atoms with Crippen molar-refractivity contribution in [2.24, 2.45) is 12.8 Å². The summed E-state index contributed by atoms with van der Waals surface area (Å²) in [6.45, 7) is 0. The van der Waals surface area contributed by atoms with Gasteiger partial charge in [0.1, 0.15) is 11.2 Å². The zero-order valence-electron chi connectivity index (χ0n) is 18.2. The fourth-order valence-corrected chi connectivity index (χ4v) is 4.92. The molecule has 1 unspecified atom stereocenters. The van der Waals surface area contributed by atoms with E-state index in [-0.39, 0.29) is 11.5 Å². The van der Waals surface area contributed by atoms with Crippen molar-refractivity contribution in [1.29, 1.82) is 0 Å². The van der Waals surface area contributed by atoms with E-state index in [1.807, 2.05) is 29.8 Å². The monoisotopic (exact) mass is 463 g/mol. The second-order valence-corrected chi connectivity index (χ2v) is 9.05. The molecule has 1 aromatic carbocycles. The van der Waals surface area contributed by atoms with Crippen molar-refractivity contribution < 1.29 is 9.35 Å². The Labute approximate surface area is 192 Å². The summed E-state index contributed by atoms with van der Waals surface area (Å²) in [7, 11) is 5.38. The van der Waals surface area contributed by atoms with Crippen LogP contribution in [0.4, 0.5) is 23.0 Å². The quantitative estimate of drug-likeness (QED) is 0.377. The number of carbonyl (C=O) groups excluding carboxylic acids is 1. The molecule has 4 N–H and O–H groups in total. The summed E-state index contributed by atoms with van der Waals surface area (Å²) in [4.78, 5) is 30.2. The van der Waals surface area contributed by atoms with Gasteiger partial charge in [-0.1, -0.05) is 0 Å². The van der Waals surface area contributed by atoms with Crippen LogP contribution >= 0.6 is 0 Å². The Morgan fingerprint density at radius 3 is 2.79 bits per heavy atom. The van der Waals surface area contributed by atoms with Crippen LogP contribution in [0.2, 0.25) is 0 Å². The fraction of sp³-hybridized carbons (Fsp3) is 0.190. The van der Waals surface area contributed by atoms with Gasteiger partial charge in [-0.15, -0.1) is 0 Å². The van der Waals surface area contributed by atoms with Crippen LogP contribution in [0.25, 0.3) is 22.3 Å². The molecule has 0 saturated carbocycles. The molecular weight excluding hydrogens is 442 g/mol. The van der Waals surface area contributed by atoms with Gasteiger partial charge in [-0.2, -0.15) is 4.31 Å². The molecule has 4 aromatic rings. The predicted molar refractivity (Wildman–Crippen MR) is 128 cm³/mol. The van der Waals surface area contributed by atoms with E-state index in [2.05, 4.69) is 30.6 Å². The lowest BCUT2D eigenvalue weighted by Gasteiger charge is -2.15. The molecule has 12 heteroatoms. The number of aromatic nitrogens is 5. The number of rotatable bonds is 5. The molecule has 33 heavy (non-hydrogen) atoms. The summed E-state index contributed by atoms with van der Waals surface area (Å²) >= 11 is -1.09. The number of nitrogens with one attached hydrogen (secondary N) is 2. The summed E-state index contributed by atoms with van der Waals surface area (Å²) < 4.78 is 15.7. The average Bonchev–Trinajstić information content (AvgIpc) is 3.32. The lowest BCUT2D eigenvalue weighted by Crippen LogP contribution is -2.20. The molecule has 1 amide bonds. The molecule has 0 bridgehead atoms. The Morgan fingerprint density at radius 1 is 1.21 bits per heavy atom. The van der Waals surface area contributed by atoms with Gasteiger partial charge < -0.3 is 25.5 Å². The largest absolute Gasteiger partial charge is 0.593 e. The van der Waals surface area contributed by atoms with Crippen molar-refractivity contribution in [1.82, 2.24) is 24.5 Å². The number of primary amides is 1. The molecule has 11 nitrogen and oxygen atoms in total. The minimum absolute atomic E-state index is 0.0156. The van der Waals surface area contributed by atoms with Crippen LogP contribution in [0, 0.1) is 0 Å². The van der Waals surface area contributed by atoms with Crippen LogP contribution in [-0.2, 0) is 24.2 Å². The first-order chi connectivity index (χ1) is 15.9. The normalized spacial score (nSPS) is 15.0. The number of anilines is 4. The first kappa shape index (κ1) is 21.0. The average molecular weight is 464 g/mol. The van der Waals surface area contributed by atoms with Crippen molar-refractivity contribution in [2.75, 3.05) is 29.0 Å². The molecule has 1 aliphatic rings. The topological polar surface area (TPSA) is 150 Å². The molecule has 4 heterocycles. The summed E-state index contributed by atoms with van der Waals surface area (Å²) in [6, 6.07) is 5.59. The summed E-state index contributed by atoms with van der Waals surface area (Å²) in [5.74, 6) is 0.350. The van der Waals surface area contributed by atoms with Gasteiger partial charge in [0.25, 0.3) is 5.91 Å². The van der Waals surface area contributed by atoms with Gasteiger partial charge in [-0.05, 0) is 18.2 Å². The Bertz CT molecular complexity index is 1400. The highest BCUT2D eigenvalue weighted by Crippen LogP contribution is 2.36. The molecule has 5 rings (SSSR count). The second-order valence-electron chi connectivity index (χ2n) is 7.57. The molecule has 0 spiro atoms. The Kier molecular flexibility index (Phi) is 5.02. The van der Waals surface area contributed by atoms with E-state index in [0.717, 1.165) is 16.8 Å². The van der Waals surface area contributed by atoms with Crippen LogP contribution in [0.3, 0.4) is 0 Å². The van der Waals surface area contributed by atoms with Gasteiger partial charge in [0, 0.05) is 31.5 Å². The van der Waals surface area contributed by atoms with E-state index in [1.165, 1.54) is 0 Å². The van der Waals surface area contributed by atoms with Gasteiger partial charge in [0.05, 0.1) is 47.7 Å². The summed E-state index contributed by atoms with van der Waals surface area (Å²) in [5, 5.41) is 6.18. The number of nitrogens with zero attached hydrogens (tertiary/aromatic N) is 6. The maximum Gasteiger partial charge on any atom is 0.271 e. The maximum absolute atomic E-state index is 12.3. The van der Waals surface area contributed by atoms with Crippen LogP contribution in [0.5, 0.6) is 0 Å². The maximum atomic E-state index is 12.3. The van der Waals surface area contributed by atoms with Crippen LogP contribution in [0.15, 0.2) is 36.9 Å². The van der Waals surface area contributed by atoms with Gasteiger partial charge in [0.15, 0.2) is 23.1 Å². The van der Waals surface area contributed by atoms with E-state index in [4.69, 9.17) is 5.73 Å². The van der Waals surface area contributed by atoms with Crippen LogP contribution in [-0.4, -0.2) is 49.1 Å². The number of imidazole rings is 1. The lowest BCUT2D eigenvalue weighted by molar-refractivity contribution is 0.0996. The number of aryl methyl sites for hydroxylation is 1. The molecular formula is C21H21N9O2S. The van der Waals surface area contributed by atoms with Gasteiger partial charge in [0.2, 0.25) is 0 Å². The number of amides is 1.